The van der Waals surface area contributed by atoms with Crippen LogP contribution in [0, 0.1) is 5.92 Å². The number of phenolic OH excluding ortho intramolecular Hbond substituents is 3. The molecule has 6 aliphatic heterocycles. The first-order valence-electron chi connectivity index (χ1n) is 32.8. The van der Waals surface area contributed by atoms with Gasteiger partial charge in [0.2, 0.25) is 53.4 Å². The highest BCUT2D eigenvalue weighted by molar-refractivity contribution is 6.32. The SMILES string of the molecule is CN[C@H](CC(C)C)C(=O)N[C@H]1C(=O)N[C@@H](CC(N)=O)C(=O)N[C@H]2C(=O)N[C@H]3C(=O)N[C@H](C(=O)N[C@H](C(=O)O)c4cc(O)cc(O)c4-c4cc3ccc4O)[C@H](O)c3ccc(c(Cl)c3)Oc3cc2cc(c3O[C@H]2O[C@@H](CNCc3ccc(-c4ccc(Cl)cc4)cc3)[C@H](O)[C@@H](O)[C@@H]2O)Oc2ccc(cc2Cl)[C@H]1O. The van der Waals surface area contributed by atoms with Crippen LogP contribution >= 0.6 is 34.8 Å². The van der Waals surface area contributed by atoms with Crippen LogP contribution < -0.4 is 62.5 Å². The number of aliphatic hydroxyl groups is 5. The number of hydrogen-bond acceptors (Lipinski definition) is 22. The van der Waals surface area contributed by atoms with Crippen LogP contribution in [0.5, 0.6) is 46.0 Å². The number of fused-ring (bicyclic) bond motifs is 15. The van der Waals surface area contributed by atoms with Crippen molar-refractivity contribution in [1.29, 1.82) is 0 Å². The van der Waals surface area contributed by atoms with Crippen LogP contribution in [0.1, 0.15) is 90.4 Å². The molecule has 6 heterocycles. The minimum absolute atomic E-state index is 0.0877. The van der Waals surface area contributed by atoms with Gasteiger partial charge in [0, 0.05) is 40.9 Å². The van der Waals surface area contributed by atoms with Gasteiger partial charge < -0.3 is 113 Å². The van der Waals surface area contributed by atoms with E-state index in [0.29, 0.717) is 5.02 Å². The van der Waals surface area contributed by atoms with E-state index in [2.05, 4.69) is 42.5 Å². The fourth-order valence-electron chi connectivity index (χ4n) is 12.6. The summed E-state index contributed by atoms with van der Waals surface area (Å²) in [7, 11) is 1.48. The van der Waals surface area contributed by atoms with Crippen LogP contribution in [0.4, 0.5) is 0 Å². The summed E-state index contributed by atoms with van der Waals surface area (Å²) in [5.41, 5.74) is 5.62. The van der Waals surface area contributed by atoms with Crippen LogP contribution in [0.25, 0.3) is 22.3 Å². The number of carboxylic acid groups (broad SMARTS) is 1. The zero-order valence-corrected chi connectivity index (χ0v) is 58.0. The van der Waals surface area contributed by atoms with E-state index < -0.39 is 201 Å². The summed E-state index contributed by atoms with van der Waals surface area (Å²) in [6.45, 7) is 3.65. The van der Waals surface area contributed by atoms with Gasteiger partial charge in [0.05, 0.1) is 22.5 Å². The average Bonchev–Trinajstić information content (AvgIpc) is 0.761. The number of likely N-dealkylation sites (N-methyl/N-ethyl adjacent to an activating group) is 1. The van der Waals surface area contributed by atoms with E-state index in [1.54, 1.807) is 12.1 Å². The number of benzene rings is 7. The van der Waals surface area contributed by atoms with Crippen molar-refractivity contribution in [3.8, 4) is 68.2 Å². The Hall–Kier alpha value is -10.4. The number of carbonyl (C=O) groups is 8. The number of aliphatic carboxylic acids is 1. The van der Waals surface area contributed by atoms with Gasteiger partial charge in [-0.15, -0.1) is 0 Å². The summed E-state index contributed by atoms with van der Waals surface area (Å²) in [5, 5.41) is 125. The van der Waals surface area contributed by atoms with Crippen LogP contribution in [0.15, 0.2) is 127 Å². The highest BCUT2D eigenvalue weighted by atomic mass is 35.5. The normalized spacial score (nSPS) is 24.3. The molecule has 19 N–H and O–H groups in total. The lowest BCUT2D eigenvalue weighted by atomic mass is 9.89. The maximum absolute atomic E-state index is 16.0. The first kappa shape index (κ1) is 75.8. The molecule has 30 nitrogen and oxygen atoms in total. The van der Waals surface area contributed by atoms with Crippen LogP contribution in [-0.2, 0) is 49.6 Å². The molecule has 0 unspecified atom stereocenters. The first-order valence-corrected chi connectivity index (χ1v) is 33.9. The van der Waals surface area contributed by atoms with Crippen molar-refractivity contribution >= 4 is 82.1 Å². The monoisotopic (exact) mass is 1500 g/mol. The number of phenols is 3. The van der Waals surface area contributed by atoms with E-state index in [4.69, 9.17) is 59.5 Å². The summed E-state index contributed by atoms with van der Waals surface area (Å²) in [6.07, 6.45) is -14.4. The number of ether oxygens (including phenoxy) is 4. The number of hydrogen-bond donors (Lipinski definition) is 18. The highest BCUT2D eigenvalue weighted by Gasteiger charge is 2.47. The van der Waals surface area contributed by atoms with Gasteiger partial charge in [-0.2, -0.15) is 0 Å². The summed E-state index contributed by atoms with van der Waals surface area (Å²) in [5.74, 6) is -15.6. The molecule has 0 radical (unpaired) electrons. The summed E-state index contributed by atoms with van der Waals surface area (Å²) < 4.78 is 26.0. The molecular weight excluding hydrogens is 1430 g/mol. The van der Waals surface area contributed by atoms with E-state index in [9.17, 15) is 69.9 Å². The molecule has 0 saturated carbocycles. The number of amides is 7. The second-order valence-electron chi connectivity index (χ2n) is 25.8. The molecule has 7 amide bonds. The van der Waals surface area contributed by atoms with Crippen molar-refractivity contribution in [2.45, 2.75) is 118 Å². The van der Waals surface area contributed by atoms with Gasteiger partial charge in [-0.3, -0.25) is 33.6 Å². The van der Waals surface area contributed by atoms with Crippen molar-refractivity contribution in [2.24, 2.45) is 11.7 Å². The largest absolute Gasteiger partial charge is 0.508 e. The number of carboxylic acids is 1. The number of primary amides is 1. The van der Waals surface area contributed by atoms with Gasteiger partial charge in [-0.1, -0.05) is 103 Å². The number of aromatic hydroxyl groups is 3. The molecule has 0 aromatic heterocycles. The lowest BCUT2D eigenvalue weighted by molar-refractivity contribution is -0.271. The Kier molecular flexibility index (Phi) is 23.1. The standard InChI is InChI=1S/C72H72Cl3N9O21/c1-29(2)18-43(77-3)65(94)83-57-59(89)34-11-16-47(41(74)20-34)102-49-22-36-23-50(64(49)105-72-63(93)62(92)61(91)51(104-72)28-78-27-30-4-6-31(7-5-30)32-8-13-37(73)14-9-32)103-48-17-12-35(21-42(48)75)60(90)58-70(99)82-56(71(100)101)40-24-38(85)25-46(87)53(40)39-19-33(10-15-45(39)86)54(67(96)84-58)81-68(97)55(36)80-66(95)44(26-52(76)88)79-69(57)98/h4-17,19-25,29,43-44,51,54-63,72,77-78,85-87,89-93H,18,26-28H2,1-3H3,(H2,76,88)(H,79,98)(H,80,95)(H,81,97)(H,82,99)(H,83,94)(H,84,96)(H,100,101)/t43-,44+,51+,54-,55-,56+,57-,58+,59-,60-,61+,62-,63+,72-/m1/s1. The topological polar surface area (TPSA) is 478 Å². The van der Waals surface area contributed by atoms with Crippen LogP contribution in [0.2, 0.25) is 15.1 Å². The predicted octanol–water partition coefficient (Wildman–Crippen LogP) is 3.99. The summed E-state index contributed by atoms with van der Waals surface area (Å²) in [4.78, 5) is 117. The van der Waals surface area contributed by atoms with Crippen LogP contribution in [-0.4, -0.2) is 162 Å². The number of carbonyl (C=O) groups excluding carboxylic acids is 7. The maximum Gasteiger partial charge on any atom is 0.330 e. The van der Waals surface area contributed by atoms with Gasteiger partial charge in [0.1, 0.15) is 95.6 Å². The van der Waals surface area contributed by atoms with Gasteiger partial charge >= 0.3 is 5.97 Å². The van der Waals surface area contributed by atoms with E-state index in [0.717, 1.165) is 83.4 Å². The maximum atomic E-state index is 16.0. The Labute approximate surface area is 612 Å². The number of aliphatic hydroxyl groups excluding tert-OH is 5. The minimum Gasteiger partial charge on any atom is -0.508 e. The minimum atomic E-state index is -2.31. The Morgan fingerprint density at radius 1 is 0.610 bits per heavy atom. The third-order valence-corrected chi connectivity index (χ3v) is 18.9. The molecule has 13 rings (SSSR count). The third kappa shape index (κ3) is 16.8. The molecule has 6 aliphatic rings. The molecule has 552 valence electrons. The molecule has 1 fully saturated rings. The smallest absolute Gasteiger partial charge is 0.330 e. The second-order valence-corrected chi connectivity index (χ2v) is 27.1. The molecule has 7 aromatic rings. The summed E-state index contributed by atoms with van der Waals surface area (Å²) in [6, 6.07) is 14.4. The lowest BCUT2D eigenvalue weighted by Crippen LogP contribution is -2.61. The lowest BCUT2D eigenvalue weighted by Gasteiger charge is -2.40. The number of halogens is 3. The Bertz CT molecular complexity index is 4540. The third-order valence-electron chi connectivity index (χ3n) is 18.0. The first-order chi connectivity index (χ1) is 49.9. The van der Waals surface area contributed by atoms with Gasteiger partial charge in [-0.25, -0.2) is 4.79 Å². The zero-order valence-electron chi connectivity index (χ0n) is 55.7. The highest BCUT2D eigenvalue weighted by Crippen LogP contribution is 2.49. The molecular formula is C72H72Cl3N9O21. The van der Waals surface area contributed by atoms with E-state index in [1.807, 2.05) is 50.2 Å². The van der Waals surface area contributed by atoms with Gasteiger partial charge in [0.25, 0.3) is 0 Å². The predicted molar refractivity (Wildman–Crippen MR) is 374 cm³/mol. The fraction of sp³-hybridized carbons (Fsp3) is 0.306. The zero-order chi connectivity index (χ0) is 75.6. The van der Waals surface area contributed by atoms with E-state index >= 15 is 14.4 Å². The summed E-state index contributed by atoms with van der Waals surface area (Å²) >= 11 is 20.2. The molecule has 7 aromatic carbocycles. The number of nitrogens with two attached hydrogens (primary N) is 1. The molecule has 14 atom stereocenters. The van der Waals surface area contributed by atoms with E-state index in [-0.39, 0.29) is 58.6 Å². The molecule has 11 bridgehead atoms. The van der Waals surface area contributed by atoms with E-state index in [1.165, 1.54) is 19.2 Å². The Morgan fingerprint density at radius 3 is 1.80 bits per heavy atom. The molecule has 105 heavy (non-hydrogen) atoms. The number of rotatable bonds is 15. The van der Waals surface area contributed by atoms with Crippen LogP contribution in [0.3, 0.4) is 0 Å². The van der Waals surface area contributed by atoms with Crippen molar-refractivity contribution in [1.82, 2.24) is 42.5 Å². The van der Waals surface area contributed by atoms with Gasteiger partial charge in [0.15, 0.2) is 17.5 Å². The van der Waals surface area contributed by atoms with Crippen molar-refractivity contribution in [3.05, 3.63) is 176 Å². The second kappa shape index (κ2) is 31.9. The molecule has 0 aliphatic carbocycles. The van der Waals surface area contributed by atoms with Crippen molar-refractivity contribution in [2.75, 3.05) is 13.6 Å². The molecule has 0 spiro atoms. The van der Waals surface area contributed by atoms with Gasteiger partial charge in [-0.05, 0) is 125 Å². The quantitative estimate of drug-likeness (QED) is 0.0690. The average molecular weight is 1510 g/mol. The number of nitrogens with one attached hydrogen (secondary N) is 8. The molecule has 33 heteroatoms. The Morgan fingerprint density at radius 2 is 1.20 bits per heavy atom. The Balaban J connectivity index is 1.09. The van der Waals surface area contributed by atoms with Crippen molar-refractivity contribution in [3.63, 3.8) is 0 Å². The molecule has 1 saturated heterocycles. The van der Waals surface area contributed by atoms with Crippen molar-refractivity contribution < 1.29 is 103 Å². The fourth-order valence-corrected chi connectivity index (χ4v) is 13.1.